The fraction of sp³-hybridized carbons (Fsp3) is 0.500. The van der Waals surface area contributed by atoms with Gasteiger partial charge < -0.3 is 10.1 Å². The average Bonchev–Trinajstić information content (AvgIpc) is 2.40. The molecule has 1 aliphatic rings. The molecule has 0 amide bonds. The van der Waals surface area contributed by atoms with E-state index >= 15 is 0 Å². The number of nitriles is 1. The Kier molecular flexibility index (Phi) is 4.77. The van der Waals surface area contributed by atoms with Gasteiger partial charge in [0.05, 0.1) is 0 Å². The van der Waals surface area contributed by atoms with E-state index in [1.165, 1.54) is 18.6 Å². The van der Waals surface area contributed by atoms with Crippen molar-refractivity contribution < 1.29 is 4.74 Å². The second-order valence-corrected chi connectivity index (χ2v) is 5.93. The Balaban J connectivity index is 1.98. The molecule has 1 fully saturated rings. The number of rotatable bonds is 4. The van der Waals surface area contributed by atoms with Crippen molar-refractivity contribution in [1.82, 2.24) is 0 Å². The molecule has 2 rings (SSSR count). The quantitative estimate of drug-likeness (QED) is 0.904. The highest BCUT2D eigenvalue weighted by Gasteiger charge is 2.21. The third kappa shape index (κ3) is 3.58. The molecule has 18 heavy (non-hydrogen) atoms. The standard InChI is InChI=1S/C14H18N2OS/c1-11-14(6-3-9-18-11)16-12-4-2-5-13(10-12)17-8-7-15/h2,4-5,10-11,14,16H,3,6,8-9H2,1H3. The van der Waals surface area contributed by atoms with Gasteiger partial charge in [0.15, 0.2) is 6.61 Å². The van der Waals surface area contributed by atoms with Crippen LogP contribution in [0.4, 0.5) is 5.69 Å². The van der Waals surface area contributed by atoms with E-state index in [2.05, 4.69) is 12.2 Å². The van der Waals surface area contributed by atoms with Crippen molar-refractivity contribution in [1.29, 1.82) is 5.26 Å². The predicted octanol–water partition coefficient (Wildman–Crippen LogP) is 3.28. The molecule has 1 N–H and O–H groups in total. The van der Waals surface area contributed by atoms with Gasteiger partial charge in [0.1, 0.15) is 11.8 Å². The highest BCUT2D eigenvalue weighted by atomic mass is 32.2. The molecule has 1 aromatic carbocycles. The summed E-state index contributed by atoms with van der Waals surface area (Å²) in [5.74, 6) is 2.02. The molecule has 1 saturated heterocycles. The van der Waals surface area contributed by atoms with E-state index in [-0.39, 0.29) is 6.61 Å². The summed E-state index contributed by atoms with van der Waals surface area (Å²) in [4.78, 5) is 0. The van der Waals surface area contributed by atoms with Crippen molar-refractivity contribution in [3.63, 3.8) is 0 Å². The van der Waals surface area contributed by atoms with Gasteiger partial charge in [-0.05, 0) is 30.7 Å². The summed E-state index contributed by atoms with van der Waals surface area (Å²) in [6.07, 6.45) is 2.49. The summed E-state index contributed by atoms with van der Waals surface area (Å²) < 4.78 is 5.31. The fourth-order valence-electron chi connectivity index (χ4n) is 2.12. The summed E-state index contributed by atoms with van der Waals surface area (Å²) in [5.41, 5.74) is 1.07. The van der Waals surface area contributed by atoms with Crippen LogP contribution in [-0.2, 0) is 0 Å². The molecule has 0 bridgehead atoms. The van der Waals surface area contributed by atoms with Crippen LogP contribution in [0.5, 0.6) is 5.75 Å². The molecule has 1 heterocycles. The average molecular weight is 262 g/mol. The Morgan fingerprint density at radius 1 is 1.56 bits per heavy atom. The minimum absolute atomic E-state index is 0.0964. The van der Waals surface area contributed by atoms with Gasteiger partial charge in [0.2, 0.25) is 0 Å². The van der Waals surface area contributed by atoms with Gasteiger partial charge in [0, 0.05) is 23.0 Å². The second-order valence-electron chi connectivity index (χ2n) is 4.44. The SMILES string of the molecule is CC1SCCCC1Nc1cccc(OCC#N)c1. The minimum Gasteiger partial charge on any atom is -0.479 e. The predicted molar refractivity (Wildman–Crippen MR) is 76.1 cm³/mol. The van der Waals surface area contributed by atoms with Gasteiger partial charge in [-0.1, -0.05) is 13.0 Å². The smallest absolute Gasteiger partial charge is 0.174 e. The Hall–Kier alpha value is -1.34. The Morgan fingerprint density at radius 2 is 2.44 bits per heavy atom. The van der Waals surface area contributed by atoms with E-state index in [0.717, 1.165) is 11.4 Å². The van der Waals surface area contributed by atoms with Crippen LogP contribution in [0, 0.1) is 11.3 Å². The van der Waals surface area contributed by atoms with Gasteiger partial charge in [-0.3, -0.25) is 0 Å². The third-order valence-corrected chi connectivity index (χ3v) is 4.48. The van der Waals surface area contributed by atoms with Gasteiger partial charge in [-0.25, -0.2) is 0 Å². The van der Waals surface area contributed by atoms with Crippen molar-refractivity contribution in [3.8, 4) is 11.8 Å². The van der Waals surface area contributed by atoms with Crippen molar-refractivity contribution in [2.45, 2.75) is 31.1 Å². The molecule has 1 aliphatic heterocycles. The molecular weight excluding hydrogens is 244 g/mol. The molecule has 0 radical (unpaired) electrons. The zero-order chi connectivity index (χ0) is 12.8. The lowest BCUT2D eigenvalue weighted by atomic mass is 10.1. The molecule has 2 atom stereocenters. The topological polar surface area (TPSA) is 45.0 Å². The second kappa shape index (κ2) is 6.55. The first-order chi connectivity index (χ1) is 8.79. The minimum atomic E-state index is 0.0964. The lowest BCUT2D eigenvalue weighted by molar-refractivity contribution is 0.368. The monoisotopic (exact) mass is 262 g/mol. The highest BCUT2D eigenvalue weighted by Crippen LogP contribution is 2.28. The van der Waals surface area contributed by atoms with Crippen LogP contribution in [0.1, 0.15) is 19.8 Å². The van der Waals surface area contributed by atoms with E-state index in [0.29, 0.717) is 11.3 Å². The highest BCUT2D eigenvalue weighted by molar-refractivity contribution is 8.00. The number of hydrogen-bond acceptors (Lipinski definition) is 4. The van der Waals surface area contributed by atoms with Crippen LogP contribution in [0.15, 0.2) is 24.3 Å². The Labute approximate surface area is 113 Å². The number of nitrogens with zero attached hydrogens (tertiary/aromatic N) is 1. The zero-order valence-corrected chi connectivity index (χ0v) is 11.4. The molecule has 0 saturated carbocycles. The first-order valence-corrected chi connectivity index (χ1v) is 7.32. The number of nitrogens with one attached hydrogen (secondary N) is 1. The number of hydrogen-bond donors (Lipinski definition) is 1. The maximum Gasteiger partial charge on any atom is 0.174 e. The van der Waals surface area contributed by atoms with E-state index in [1.807, 2.05) is 42.1 Å². The summed E-state index contributed by atoms with van der Waals surface area (Å²) in [7, 11) is 0. The van der Waals surface area contributed by atoms with Crippen molar-refractivity contribution in [2.75, 3.05) is 17.7 Å². The lowest BCUT2D eigenvalue weighted by Gasteiger charge is -2.30. The van der Waals surface area contributed by atoms with Gasteiger partial charge in [-0.15, -0.1) is 0 Å². The summed E-state index contributed by atoms with van der Waals surface area (Å²) in [6.45, 7) is 2.37. The summed E-state index contributed by atoms with van der Waals surface area (Å²) >= 11 is 2.03. The molecule has 96 valence electrons. The molecule has 0 aliphatic carbocycles. The first kappa shape index (κ1) is 13.1. The van der Waals surface area contributed by atoms with Crippen molar-refractivity contribution >= 4 is 17.4 Å². The maximum absolute atomic E-state index is 8.50. The molecule has 2 unspecified atom stereocenters. The largest absolute Gasteiger partial charge is 0.479 e. The molecular formula is C14H18N2OS. The van der Waals surface area contributed by atoms with Crippen LogP contribution in [0.25, 0.3) is 0 Å². The van der Waals surface area contributed by atoms with Crippen LogP contribution < -0.4 is 10.1 Å². The first-order valence-electron chi connectivity index (χ1n) is 6.27. The molecule has 3 nitrogen and oxygen atoms in total. The Morgan fingerprint density at radius 3 is 3.22 bits per heavy atom. The van der Waals surface area contributed by atoms with Gasteiger partial charge in [-0.2, -0.15) is 17.0 Å². The molecule has 1 aromatic rings. The lowest BCUT2D eigenvalue weighted by Crippen LogP contribution is -2.32. The van der Waals surface area contributed by atoms with Gasteiger partial charge >= 0.3 is 0 Å². The van der Waals surface area contributed by atoms with E-state index in [9.17, 15) is 0 Å². The Bertz CT molecular complexity index is 430. The van der Waals surface area contributed by atoms with Crippen LogP contribution in [0.3, 0.4) is 0 Å². The fourth-order valence-corrected chi connectivity index (χ4v) is 3.26. The number of anilines is 1. The molecule has 0 spiro atoms. The van der Waals surface area contributed by atoms with Crippen molar-refractivity contribution in [3.05, 3.63) is 24.3 Å². The normalized spacial score (nSPS) is 23.1. The summed E-state index contributed by atoms with van der Waals surface area (Å²) in [5, 5.41) is 12.7. The van der Waals surface area contributed by atoms with Crippen LogP contribution in [-0.4, -0.2) is 23.7 Å². The van der Waals surface area contributed by atoms with Crippen molar-refractivity contribution in [2.24, 2.45) is 0 Å². The maximum atomic E-state index is 8.50. The number of ether oxygens (including phenoxy) is 1. The zero-order valence-electron chi connectivity index (χ0n) is 10.6. The summed E-state index contributed by atoms with van der Waals surface area (Å²) in [6, 6.07) is 10.3. The number of thioether (sulfide) groups is 1. The van der Waals surface area contributed by atoms with Gasteiger partial charge in [0.25, 0.3) is 0 Å². The molecule has 4 heteroatoms. The van der Waals surface area contributed by atoms with Crippen LogP contribution >= 0.6 is 11.8 Å². The van der Waals surface area contributed by atoms with Crippen LogP contribution in [0.2, 0.25) is 0 Å². The van der Waals surface area contributed by atoms with E-state index < -0.39 is 0 Å². The van der Waals surface area contributed by atoms with E-state index in [1.54, 1.807) is 0 Å². The third-order valence-electron chi connectivity index (χ3n) is 3.10. The van der Waals surface area contributed by atoms with E-state index in [4.69, 9.17) is 10.00 Å². The molecule has 0 aromatic heterocycles. The number of benzene rings is 1.